The highest BCUT2D eigenvalue weighted by Crippen LogP contribution is 2.33. The minimum absolute atomic E-state index is 0.168. The number of rotatable bonds is 9. The van der Waals surface area contributed by atoms with Crippen molar-refractivity contribution in [1.82, 2.24) is 29.9 Å². The van der Waals surface area contributed by atoms with Crippen molar-refractivity contribution in [2.75, 3.05) is 12.8 Å². The maximum atomic E-state index is 13.2. The van der Waals surface area contributed by atoms with Crippen molar-refractivity contribution in [2.45, 2.75) is 56.6 Å². The highest BCUT2D eigenvalue weighted by molar-refractivity contribution is 7.98. The van der Waals surface area contributed by atoms with Gasteiger partial charge in [-0.2, -0.15) is 5.10 Å². The van der Waals surface area contributed by atoms with E-state index in [4.69, 9.17) is 4.42 Å². The first-order valence-corrected chi connectivity index (χ1v) is 13.3. The van der Waals surface area contributed by atoms with Crippen LogP contribution in [0.4, 0.5) is 0 Å². The summed E-state index contributed by atoms with van der Waals surface area (Å²) in [6.45, 7) is 2.42. The van der Waals surface area contributed by atoms with Gasteiger partial charge in [-0.15, -0.1) is 10.2 Å². The summed E-state index contributed by atoms with van der Waals surface area (Å²) in [6, 6.07) is 14.0. The number of carbonyl (C=O) groups excluding carboxylic acids is 1. The third-order valence-electron chi connectivity index (χ3n) is 6.42. The Hall–Kier alpha value is -3.33. The van der Waals surface area contributed by atoms with Gasteiger partial charge in [0.15, 0.2) is 10.9 Å². The fourth-order valence-electron chi connectivity index (χ4n) is 4.69. The van der Waals surface area contributed by atoms with Crippen LogP contribution in [0.2, 0.25) is 0 Å². The highest BCUT2D eigenvalue weighted by Gasteiger charge is 2.24. The molecule has 3 aromatic heterocycles. The fraction of sp³-hybridized carbons (Fsp3) is 0.385. The minimum Gasteiger partial charge on any atom is -0.460 e. The van der Waals surface area contributed by atoms with Crippen LogP contribution in [0.15, 0.2) is 58.2 Å². The number of amides is 1. The maximum Gasteiger partial charge on any atom is 0.255 e. The second kappa shape index (κ2) is 10.5. The normalized spacial score (nSPS) is 14.0. The quantitative estimate of drug-likeness (QED) is 0.255. The second-order valence-electron chi connectivity index (χ2n) is 8.85. The van der Waals surface area contributed by atoms with Gasteiger partial charge in [0.25, 0.3) is 5.91 Å². The lowest BCUT2D eigenvalue weighted by atomic mass is 10.2. The Kier molecular flexibility index (Phi) is 7.03. The molecule has 0 bridgehead atoms. The predicted molar refractivity (Wildman–Crippen MR) is 136 cm³/mol. The lowest BCUT2D eigenvalue weighted by Gasteiger charge is -2.16. The standard InChI is InChI=1S/C26H30N6O2S/c1-18-14-15-22(34-18)24-21(17-31(30-24)19-9-4-3-5-10-19)25(33)27-16-8-13-23-28-29-26(35-2)32(23)20-11-6-7-12-20/h3-5,9-10,14-15,17,20H,6-8,11-13,16H2,1-2H3,(H,27,33). The molecule has 1 aliphatic rings. The maximum absolute atomic E-state index is 13.2. The summed E-state index contributed by atoms with van der Waals surface area (Å²) in [5, 5.41) is 17.6. The first-order chi connectivity index (χ1) is 17.1. The van der Waals surface area contributed by atoms with Crippen molar-refractivity contribution >= 4 is 17.7 Å². The number of furan rings is 1. The Labute approximate surface area is 209 Å². The van der Waals surface area contributed by atoms with E-state index in [9.17, 15) is 4.79 Å². The molecule has 0 saturated heterocycles. The number of benzene rings is 1. The van der Waals surface area contributed by atoms with Crippen LogP contribution in [0, 0.1) is 6.92 Å². The zero-order valence-electron chi connectivity index (χ0n) is 20.1. The van der Waals surface area contributed by atoms with Crippen LogP contribution in [0.5, 0.6) is 0 Å². The van der Waals surface area contributed by atoms with Gasteiger partial charge in [0.1, 0.15) is 17.3 Å². The number of aryl methyl sites for hydroxylation is 2. The van der Waals surface area contributed by atoms with Gasteiger partial charge in [0, 0.05) is 25.2 Å². The number of hydrogen-bond donors (Lipinski definition) is 1. The molecule has 1 saturated carbocycles. The lowest BCUT2D eigenvalue weighted by molar-refractivity contribution is 0.0953. The van der Waals surface area contributed by atoms with Gasteiger partial charge in [0.2, 0.25) is 0 Å². The van der Waals surface area contributed by atoms with E-state index in [2.05, 4.69) is 25.2 Å². The topological polar surface area (TPSA) is 90.8 Å². The Bertz CT molecular complexity index is 1290. The van der Waals surface area contributed by atoms with Gasteiger partial charge in [-0.25, -0.2) is 4.68 Å². The minimum atomic E-state index is -0.168. The third-order valence-corrected chi connectivity index (χ3v) is 7.07. The van der Waals surface area contributed by atoms with E-state index in [1.165, 1.54) is 25.7 Å². The summed E-state index contributed by atoms with van der Waals surface area (Å²) in [5.74, 6) is 2.20. The summed E-state index contributed by atoms with van der Waals surface area (Å²) in [6.07, 6.45) is 10.3. The van der Waals surface area contributed by atoms with Crippen LogP contribution in [0.1, 0.15) is 60.1 Å². The SMILES string of the molecule is CSc1nnc(CCCNC(=O)c2cn(-c3ccccc3)nc2-c2ccc(C)o2)n1C1CCCC1. The molecule has 0 radical (unpaired) electrons. The van der Waals surface area contributed by atoms with Gasteiger partial charge < -0.3 is 14.3 Å². The largest absolute Gasteiger partial charge is 0.460 e. The predicted octanol–water partition coefficient (Wildman–Crippen LogP) is 5.23. The zero-order valence-corrected chi connectivity index (χ0v) is 20.9. The molecule has 1 fully saturated rings. The number of para-hydroxylation sites is 1. The number of hydrogen-bond acceptors (Lipinski definition) is 6. The summed E-state index contributed by atoms with van der Waals surface area (Å²) in [5.41, 5.74) is 1.90. The highest BCUT2D eigenvalue weighted by atomic mass is 32.2. The fourth-order valence-corrected chi connectivity index (χ4v) is 5.26. The van der Waals surface area contributed by atoms with Gasteiger partial charge in [-0.3, -0.25) is 4.79 Å². The van der Waals surface area contributed by atoms with Crippen molar-refractivity contribution in [2.24, 2.45) is 0 Å². The Morgan fingerprint density at radius 3 is 2.66 bits per heavy atom. The molecule has 0 spiro atoms. The number of nitrogens with one attached hydrogen (secondary N) is 1. The van der Waals surface area contributed by atoms with Gasteiger partial charge in [0.05, 0.1) is 11.3 Å². The van der Waals surface area contributed by atoms with Crippen LogP contribution < -0.4 is 5.32 Å². The first-order valence-electron chi connectivity index (χ1n) is 12.1. The van der Waals surface area contributed by atoms with Crippen molar-refractivity contribution in [3.05, 3.63) is 65.8 Å². The van der Waals surface area contributed by atoms with E-state index in [0.29, 0.717) is 29.6 Å². The van der Waals surface area contributed by atoms with E-state index < -0.39 is 0 Å². The van der Waals surface area contributed by atoms with Crippen LogP contribution in [-0.2, 0) is 6.42 Å². The summed E-state index contributed by atoms with van der Waals surface area (Å²) >= 11 is 1.65. The average Bonchev–Trinajstić information content (AvgIpc) is 3.68. The average molecular weight is 491 g/mol. The monoisotopic (exact) mass is 490 g/mol. The summed E-state index contributed by atoms with van der Waals surface area (Å²) < 4.78 is 9.83. The lowest BCUT2D eigenvalue weighted by Crippen LogP contribution is -2.25. The van der Waals surface area contributed by atoms with Crippen LogP contribution in [0.25, 0.3) is 17.1 Å². The molecule has 182 valence electrons. The molecule has 4 aromatic rings. The smallest absolute Gasteiger partial charge is 0.255 e. The third kappa shape index (κ3) is 5.05. The van der Waals surface area contributed by atoms with Crippen LogP contribution in [-0.4, -0.2) is 43.3 Å². The Balaban J connectivity index is 1.28. The zero-order chi connectivity index (χ0) is 24.2. The molecule has 9 heteroatoms. The van der Waals surface area contributed by atoms with Crippen molar-refractivity contribution in [3.8, 4) is 17.1 Å². The van der Waals surface area contributed by atoms with Gasteiger partial charge in [-0.05, 0) is 56.7 Å². The molecule has 35 heavy (non-hydrogen) atoms. The van der Waals surface area contributed by atoms with Crippen molar-refractivity contribution in [1.29, 1.82) is 0 Å². The number of nitrogens with zero attached hydrogens (tertiary/aromatic N) is 5. The summed E-state index contributed by atoms with van der Waals surface area (Å²) in [4.78, 5) is 13.2. The molecule has 1 amide bonds. The van der Waals surface area contributed by atoms with E-state index in [-0.39, 0.29) is 5.91 Å². The van der Waals surface area contributed by atoms with E-state index in [0.717, 1.165) is 35.3 Å². The van der Waals surface area contributed by atoms with Crippen molar-refractivity contribution in [3.63, 3.8) is 0 Å². The Morgan fingerprint density at radius 2 is 1.94 bits per heavy atom. The van der Waals surface area contributed by atoms with Crippen LogP contribution >= 0.6 is 11.8 Å². The molecule has 0 unspecified atom stereocenters. The number of aromatic nitrogens is 5. The molecule has 1 N–H and O–H groups in total. The Morgan fingerprint density at radius 1 is 1.14 bits per heavy atom. The molecular formula is C26H30N6O2S. The molecule has 0 aliphatic heterocycles. The molecule has 8 nitrogen and oxygen atoms in total. The summed E-state index contributed by atoms with van der Waals surface area (Å²) in [7, 11) is 0. The molecule has 3 heterocycles. The first kappa shape index (κ1) is 23.4. The van der Waals surface area contributed by atoms with E-state index >= 15 is 0 Å². The van der Waals surface area contributed by atoms with Crippen LogP contribution in [0.3, 0.4) is 0 Å². The van der Waals surface area contributed by atoms with Gasteiger partial charge in [-0.1, -0.05) is 42.8 Å². The van der Waals surface area contributed by atoms with Crippen molar-refractivity contribution < 1.29 is 9.21 Å². The molecule has 0 atom stereocenters. The molecule has 1 aliphatic carbocycles. The molecule has 5 rings (SSSR count). The number of carbonyl (C=O) groups is 1. The molecule has 1 aromatic carbocycles. The second-order valence-corrected chi connectivity index (χ2v) is 9.63. The number of thioether (sulfide) groups is 1. The van der Waals surface area contributed by atoms with E-state index in [1.807, 2.05) is 55.6 Å². The van der Waals surface area contributed by atoms with Gasteiger partial charge >= 0.3 is 0 Å². The van der Waals surface area contributed by atoms with E-state index in [1.54, 1.807) is 22.6 Å². The molecular weight excluding hydrogens is 460 g/mol.